The first kappa shape index (κ1) is 8.24. The average Bonchev–Trinajstić information content (AvgIpc) is 1.82. The largest absolute Gasteiger partial charge is 0.320 e. The van der Waals surface area contributed by atoms with Crippen LogP contribution in [0.5, 0.6) is 0 Å². The number of rotatable bonds is 3. The van der Waals surface area contributed by atoms with Crippen molar-refractivity contribution in [2.45, 2.75) is 0 Å². The van der Waals surface area contributed by atoms with Gasteiger partial charge in [0.15, 0.2) is 0 Å². The van der Waals surface area contributed by atoms with E-state index >= 15 is 0 Å². The summed E-state index contributed by atoms with van der Waals surface area (Å²) in [7, 11) is 0. The van der Waals surface area contributed by atoms with Crippen LogP contribution >= 0.6 is 11.6 Å². The molecule has 0 spiro atoms. The zero-order chi connectivity index (χ0) is 7.28. The van der Waals surface area contributed by atoms with Crippen molar-refractivity contribution in [3.63, 3.8) is 0 Å². The van der Waals surface area contributed by atoms with E-state index in [4.69, 9.17) is 11.6 Å². The van der Waals surface area contributed by atoms with Crippen molar-refractivity contribution < 1.29 is 4.79 Å². The summed E-state index contributed by atoms with van der Waals surface area (Å²) >= 11 is 5.09. The SMILES string of the molecule is C=CCN(C=C)C(=O)Cl. The summed E-state index contributed by atoms with van der Waals surface area (Å²) < 4.78 is 0. The van der Waals surface area contributed by atoms with Crippen LogP contribution in [0.2, 0.25) is 0 Å². The van der Waals surface area contributed by atoms with Gasteiger partial charge in [-0.3, -0.25) is 4.79 Å². The van der Waals surface area contributed by atoms with Gasteiger partial charge in [0.05, 0.1) is 0 Å². The van der Waals surface area contributed by atoms with Gasteiger partial charge < -0.3 is 4.90 Å². The molecule has 0 radical (unpaired) electrons. The molecular formula is C6H8ClNO. The fourth-order valence-corrected chi connectivity index (χ4v) is 0.495. The Kier molecular flexibility index (Phi) is 3.80. The summed E-state index contributed by atoms with van der Waals surface area (Å²) in [5.74, 6) is 0. The van der Waals surface area contributed by atoms with Crippen LogP contribution < -0.4 is 0 Å². The first-order valence-corrected chi connectivity index (χ1v) is 2.79. The van der Waals surface area contributed by atoms with Crippen LogP contribution in [-0.2, 0) is 0 Å². The van der Waals surface area contributed by atoms with Crippen molar-refractivity contribution in [3.05, 3.63) is 25.4 Å². The Hall–Kier alpha value is -0.760. The van der Waals surface area contributed by atoms with Gasteiger partial charge in [0, 0.05) is 12.7 Å². The van der Waals surface area contributed by atoms with Gasteiger partial charge in [0.25, 0.3) is 0 Å². The summed E-state index contributed by atoms with van der Waals surface area (Å²) in [5, 5.41) is -0.537. The molecule has 0 aromatic carbocycles. The number of halogens is 1. The maximum absolute atomic E-state index is 10.3. The quantitative estimate of drug-likeness (QED) is 0.338. The molecule has 0 heterocycles. The second kappa shape index (κ2) is 4.15. The second-order valence-corrected chi connectivity index (χ2v) is 1.70. The molecule has 0 unspecified atom stereocenters. The highest BCUT2D eigenvalue weighted by atomic mass is 35.5. The molecule has 0 aromatic rings. The van der Waals surface area contributed by atoms with Crippen molar-refractivity contribution in [3.8, 4) is 0 Å². The molecule has 9 heavy (non-hydrogen) atoms. The van der Waals surface area contributed by atoms with Crippen LogP contribution in [-0.4, -0.2) is 16.8 Å². The zero-order valence-corrected chi connectivity index (χ0v) is 5.77. The number of hydrogen-bond donors (Lipinski definition) is 0. The van der Waals surface area contributed by atoms with E-state index in [1.807, 2.05) is 0 Å². The molecular weight excluding hydrogens is 138 g/mol. The zero-order valence-electron chi connectivity index (χ0n) is 5.01. The molecule has 0 atom stereocenters. The Labute approximate surface area is 59.4 Å². The molecule has 0 fully saturated rings. The summed E-state index contributed by atoms with van der Waals surface area (Å²) in [4.78, 5) is 11.6. The van der Waals surface area contributed by atoms with E-state index in [9.17, 15) is 4.79 Å². The van der Waals surface area contributed by atoms with Crippen molar-refractivity contribution >= 4 is 17.0 Å². The number of carbonyl (C=O) groups is 1. The Balaban J connectivity index is 3.81. The van der Waals surface area contributed by atoms with E-state index in [1.165, 1.54) is 11.1 Å². The van der Waals surface area contributed by atoms with E-state index in [0.29, 0.717) is 6.54 Å². The number of nitrogens with zero attached hydrogens (tertiary/aromatic N) is 1. The highest BCUT2D eigenvalue weighted by molar-refractivity contribution is 6.62. The fourth-order valence-electron chi connectivity index (χ4n) is 0.357. The number of amides is 1. The van der Waals surface area contributed by atoms with E-state index in [2.05, 4.69) is 13.2 Å². The van der Waals surface area contributed by atoms with Crippen molar-refractivity contribution in [1.29, 1.82) is 0 Å². The predicted octanol–water partition coefficient (Wildman–Crippen LogP) is 1.98. The fraction of sp³-hybridized carbons (Fsp3) is 0.167. The molecule has 0 aliphatic rings. The summed E-state index contributed by atoms with van der Waals surface area (Å²) in [6.45, 7) is 7.21. The van der Waals surface area contributed by atoms with Crippen molar-refractivity contribution in [2.75, 3.05) is 6.54 Å². The molecule has 0 saturated heterocycles. The molecule has 0 N–H and O–H groups in total. The first-order valence-electron chi connectivity index (χ1n) is 2.42. The third-order valence-electron chi connectivity index (χ3n) is 0.772. The molecule has 0 aliphatic carbocycles. The van der Waals surface area contributed by atoms with E-state index in [0.717, 1.165) is 0 Å². The number of hydrogen-bond acceptors (Lipinski definition) is 1. The molecule has 0 rings (SSSR count). The van der Waals surface area contributed by atoms with Crippen LogP contribution in [0.4, 0.5) is 4.79 Å². The monoisotopic (exact) mass is 145 g/mol. The maximum atomic E-state index is 10.3. The Morgan fingerprint density at radius 2 is 2.22 bits per heavy atom. The molecule has 2 nitrogen and oxygen atoms in total. The second-order valence-electron chi connectivity index (χ2n) is 1.38. The third-order valence-corrected chi connectivity index (χ3v) is 0.989. The Morgan fingerprint density at radius 3 is 2.33 bits per heavy atom. The molecule has 50 valence electrons. The smallest absolute Gasteiger partial charge is 0.302 e. The van der Waals surface area contributed by atoms with Gasteiger partial charge in [-0.25, -0.2) is 0 Å². The Morgan fingerprint density at radius 1 is 1.67 bits per heavy atom. The van der Waals surface area contributed by atoms with E-state index in [-0.39, 0.29) is 0 Å². The highest BCUT2D eigenvalue weighted by Gasteiger charge is 2.01. The topological polar surface area (TPSA) is 20.3 Å². The van der Waals surface area contributed by atoms with Gasteiger partial charge in [0.1, 0.15) is 0 Å². The lowest BCUT2D eigenvalue weighted by molar-refractivity contribution is 0.241. The minimum atomic E-state index is -0.537. The lowest BCUT2D eigenvalue weighted by Crippen LogP contribution is -2.18. The van der Waals surface area contributed by atoms with E-state index in [1.54, 1.807) is 6.08 Å². The lowest BCUT2D eigenvalue weighted by Gasteiger charge is -2.09. The molecule has 1 amide bonds. The first-order chi connectivity index (χ1) is 4.22. The van der Waals surface area contributed by atoms with Crippen molar-refractivity contribution in [2.24, 2.45) is 0 Å². The maximum Gasteiger partial charge on any atom is 0.320 e. The summed E-state index contributed by atoms with van der Waals surface area (Å²) in [6.07, 6.45) is 2.93. The van der Waals surface area contributed by atoms with Crippen LogP contribution in [0.3, 0.4) is 0 Å². The normalized spacial score (nSPS) is 8.11. The minimum Gasteiger partial charge on any atom is -0.302 e. The highest BCUT2D eigenvalue weighted by Crippen LogP contribution is 1.95. The molecule has 0 aromatic heterocycles. The van der Waals surface area contributed by atoms with E-state index < -0.39 is 5.37 Å². The van der Waals surface area contributed by atoms with Crippen LogP contribution in [0.25, 0.3) is 0 Å². The van der Waals surface area contributed by atoms with Crippen LogP contribution in [0.1, 0.15) is 0 Å². The third kappa shape index (κ3) is 2.93. The Bertz CT molecular complexity index is 133. The van der Waals surface area contributed by atoms with Crippen LogP contribution in [0.15, 0.2) is 25.4 Å². The van der Waals surface area contributed by atoms with Crippen molar-refractivity contribution in [1.82, 2.24) is 4.90 Å². The average molecular weight is 146 g/mol. The molecule has 0 aliphatic heterocycles. The van der Waals surface area contributed by atoms with Gasteiger partial charge in [-0.1, -0.05) is 12.7 Å². The summed E-state index contributed by atoms with van der Waals surface area (Å²) in [5.41, 5.74) is 0. The van der Waals surface area contributed by atoms with Gasteiger partial charge in [-0.15, -0.1) is 6.58 Å². The van der Waals surface area contributed by atoms with Crippen LogP contribution in [0, 0.1) is 0 Å². The molecule has 3 heteroatoms. The van der Waals surface area contributed by atoms with Gasteiger partial charge in [0.2, 0.25) is 0 Å². The minimum absolute atomic E-state index is 0.409. The van der Waals surface area contributed by atoms with Gasteiger partial charge >= 0.3 is 5.37 Å². The van der Waals surface area contributed by atoms with Gasteiger partial charge in [-0.05, 0) is 11.6 Å². The standard InChI is InChI=1S/C6H8ClNO/c1-3-5-8(4-2)6(7)9/h3-4H,1-2,5H2. The lowest BCUT2D eigenvalue weighted by atomic mass is 10.6. The number of carbonyl (C=O) groups excluding carboxylic acids is 1. The predicted molar refractivity (Wildman–Crippen MR) is 38.3 cm³/mol. The molecule has 0 bridgehead atoms. The molecule has 0 saturated carbocycles. The summed E-state index contributed by atoms with van der Waals surface area (Å²) in [6, 6.07) is 0. The van der Waals surface area contributed by atoms with Gasteiger partial charge in [-0.2, -0.15) is 0 Å².